The van der Waals surface area contributed by atoms with Gasteiger partial charge >= 0.3 is 12.0 Å². The average Bonchev–Trinajstić information content (AvgIpc) is 2.16. The molecule has 16 heavy (non-hydrogen) atoms. The normalized spacial score (nSPS) is 12.2. The van der Waals surface area contributed by atoms with Crippen molar-refractivity contribution < 1.29 is 14.7 Å². The number of nitrogens with one attached hydrogen (secondary N) is 2. The number of aliphatic carboxylic acids is 1. The number of hydrogen-bond donors (Lipinski definition) is 3. The topological polar surface area (TPSA) is 78.4 Å². The first-order valence-electron chi connectivity index (χ1n) is 5.74. The summed E-state index contributed by atoms with van der Waals surface area (Å²) in [6.07, 6.45) is 2.33. The van der Waals surface area contributed by atoms with Crippen molar-refractivity contribution in [1.29, 1.82) is 0 Å². The van der Waals surface area contributed by atoms with E-state index in [1.165, 1.54) is 0 Å². The fourth-order valence-electron chi connectivity index (χ4n) is 1.28. The highest BCUT2D eigenvalue weighted by Gasteiger charge is 2.20. The predicted molar refractivity (Wildman–Crippen MR) is 62.3 cm³/mol. The van der Waals surface area contributed by atoms with Crippen molar-refractivity contribution in [2.24, 2.45) is 5.92 Å². The Morgan fingerprint density at radius 1 is 1.31 bits per heavy atom. The lowest BCUT2D eigenvalue weighted by atomic mass is 10.0. The summed E-state index contributed by atoms with van der Waals surface area (Å²) in [5.74, 6) is -0.753. The van der Waals surface area contributed by atoms with Crippen molar-refractivity contribution >= 4 is 12.0 Å². The van der Waals surface area contributed by atoms with Gasteiger partial charge in [0, 0.05) is 6.54 Å². The summed E-state index contributed by atoms with van der Waals surface area (Å²) in [6, 6.07) is -1.21. The number of rotatable bonds is 7. The first-order valence-corrected chi connectivity index (χ1v) is 5.74. The molecule has 0 rings (SSSR count). The molecule has 0 aromatic carbocycles. The number of unbranched alkanes of at least 4 members (excludes halogenated alkanes) is 1. The summed E-state index contributed by atoms with van der Waals surface area (Å²) in [7, 11) is 0. The van der Waals surface area contributed by atoms with Gasteiger partial charge in [0.1, 0.15) is 6.04 Å². The molecule has 0 bridgehead atoms. The van der Waals surface area contributed by atoms with Crippen molar-refractivity contribution in [1.82, 2.24) is 10.6 Å². The molecule has 5 heteroatoms. The molecule has 0 aromatic rings. The van der Waals surface area contributed by atoms with E-state index in [0.29, 0.717) is 13.0 Å². The maximum Gasteiger partial charge on any atom is 0.326 e. The monoisotopic (exact) mass is 230 g/mol. The van der Waals surface area contributed by atoms with E-state index in [1.807, 2.05) is 20.8 Å². The Bertz CT molecular complexity index is 229. The van der Waals surface area contributed by atoms with Gasteiger partial charge in [0.25, 0.3) is 0 Å². The minimum Gasteiger partial charge on any atom is -0.480 e. The van der Waals surface area contributed by atoms with E-state index < -0.39 is 18.0 Å². The predicted octanol–water partition coefficient (Wildman–Crippen LogP) is 1.58. The summed E-state index contributed by atoms with van der Waals surface area (Å²) < 4.78 is 0. The number of hydrogen-bond acceptors (Lipinski definition) is 2. The summed E-state index contributed by atoms with van der Waals surface area (Å²) in [6.45, 7) is 6.45. The molecule has 0 heterocycles. The van der Waals surface area contributed by atoms with Gasteiger partial charge in [0.2, 0.25) is 0 Å². The van der Waals surface area contributed by atoms with Crippen LogP contribution in [0.3, 0.4) is 0 Å². The van der Waals surface area contributed by atoms with Crippen LogP contribution in [0.15, 0.2) is 0 Å². The molecule has 0 spiro atoms. The molecule has 0 saturated carbocycles. The zero-order chi connectivity index (χ0) is 12.6. The van der Waals surface area contributed by atoms with Gasteiger partial charge in [-0.3, -0.25) is 0 Å². The van der Waals surface area contributed by atoms with Crippen LogP contribution >= 0.6 is 0 Å². The maximum atomic E-state index is 11.3. The lowest BCUT2D eigenvalue weighted by Gasteiger charge is -2.16. The van der Waals surface area contributed by atoms with E-state index >= 15 is 0 Å². The highest BCUT2D eigenvalue weighted by molar-refractivity contribution is 5.82. The molecule has 5 nitrogen and oxygen atoms in total. The third-order valence-corrected chi connectivity index (χ3v) is 2.13. The van der Waals surface area contributed by atoms with Crippen LogP contribution in [0.25, 0.3) is 0 Å². The molecule has 1 atom stereocenters. The Kier molecular flexibility index (Phi) is 7.33. The van der Waals surface area contributed by atoms with Crippen LogP contribution in [0.2, 0.25) is 0 Å². The van der Waals surface area contributed by atoms with Gasteiger partial charge in [-0.25, -0.2) is 9.59 Å². The molecule has 0 saturated heterocycles. The molecule has 0 fully saturated rings. The van der Waals surface area contributed by atoms with Gasteiger partial charge in [-0.05, 0) is 18.8 Å². The summed E-state index contributed by atoms with van der Waals surface area (Å²) in [4.78, 5) is 22.2. The summed E-state index contributed by atoms with van der Waals surface area (Å²) in [5.41, 5.74) is 0. The highest BCUT2D eigenvalue weighted by Crippen LogP contribution is 2.04. The third-order valence-electron chi connectivity index (χ3n) is 2.13. The number of carbonyl (C=O) groups excluding carboxylic acids is 1. The van der Waals surface area contributed by atoms with Gasteiger partial charge in [-0.1, -0.05) is 27.2 Å². The van der Waals surface area contributed by atoms with Crippen LogP contribution in [0.4, 0.5) is 4.79 Å². The number of amides is 2. The van der Waals surface area contributed by atoms with Crippen molar-refractivity contribution in [3.05, 3.63) is 0 Å². The number of carbonyl (C=O) groups is 2. The van der Waals surface area contributed by atoms with Crippen LogP contribution in [0, 0.1) is 5.92 Å². The summed E-state index contributed by atoms with van der Waals surface area (Å²) >= 11 is 0. The minimum atomic E-state index is -0.987. The quantitative estimate of drug-likeness (QED) is 0.581. The van der Waals surface area contributed by atoms with Crippen molar-refractivity contribution in [3.8, 4) is 0 Å². The van der Waals surface area contributed by atoms with Crippen LogP contribution in [0.1, 0.15) is 40.0 Å². The molecule has 94 valence electrons. The average molecular weight is 230 g/mol. The van der Waals surface area contributed by atoms with Gasteiger partial charge in [-0.15, -0.1) is 0 Å². The third kappa shape index (κ3) is 7.09. The zero-order valence-corrected chi connectivity index (χ0v) is 10.2. The van der Waals surface area contributed by atoms with Crippen LogP contribution < -0.4 is 10.6 Å². The smallest absolute Gasteiger partial charge is 0.326 e. The molecule has 3 N–H and O–H groups in total. The Morgan fingerprint density at radius 3 is 2.38 bits per heavy atom. The Morgan fingerprint density at radius 2 is 1.94 bits per heavy atom. The van der Waals surface area contributed by atoms with Crippen molar-refractivity contribution in [2.45, 2.75) is 46.1 Å². The van der Waals surface area contributed by atoms with E-state index in [1.54, 1.807) is 0 Å². The van der Waals surface area contributed by atoms with Crippen LogP contribution in [-0.4, -0.2) is 29.7 Å². The second kappa shape index (κ2) is 7.96. The number of carboxylic acid groups (broad SMARTS) is 1. The number of urea groups is 1. The molecule has 0 aliphatic rings. The molecule has 0 aliphatic carbocycles. The SMILES string of the molecule is CCCCNC(=O)NC(CC(C)C)C(=O)O. The van der Waals surface area contributed by atoms with Crippen LogP contribution in [0.5, 0.6) is 0 Å². The second-order valence-electron chi connectivity index (χ2n) is 4.27. The van der Waals surface area contributed by atoms with Crippen LogP contribution in [-0.2, 0) is 4.79 Å². The molecule has 2 amide bonds. The standard InChI is InChI=1S/C11H22N2O3/c1-4-5-6-12-11(16)13-9(10(14)15)7-8(2)3/h8-9H,4-7H2,1-3H3,(H,14,15)(H2,12,13,16). The van der Waals surface area contributed by atoms with Gasteiger partial charge in [0.05, 0.1) is 0 Å². The van der Waals surface area contributed by atoms with E-state index in [0.717, 1.165) is 12.8 Å². The van der Waals surface area contributed by atoms with Crippen molar-refractivity contribution in [3.63, 3.8) is 0 Å². The summed E-state index contributed by atoms with van der Waals surface area (Å²) in [5, 5.41) is 14.0. The fourth-order valence-corrected chi connectivity index (χ4v) is 1.28. The molecular formula is C11H22N2O3. The van der Waals surface area contributed by atoms with E-state index in [-0.39, 0.29) is 5.92 Å². The Hall–Kier alpha value is -1.26. The van der Waals surface area contributed by atoms with E-state index in [2.05, 4.69) is 10.6 Å². The molecule has 0 aromatic heterocycles. The lowest BCUT2D eigenvalue weighted by Crippen LogP contribution is -2.46. The van der Waals surface area contributed by atoms with E-state index in [9.17, 15) is 9.59 Å². The van der Waals surface area contributed by atoms with Gasteiger partial charge in [-0.2, -0.15) is 0 Å². The van der Waals surface area contributed by atoms with Crippen molar-refractivity contribution in [2.75, 3.05) is 6.54 Å². The highest BCUT2D eigenvalue weighted by atomic mass is 16.4. The van der Waals surface area contributed by atoms with Gasteiger partial charge < -0.3 is 15.7 Å². The zero-order valence-electron chi connectivity index (χ0n) is 10.2. The Balaban J connectivity index is 3.98. The van der Waals surface area contributed by atoms with E-state index in [4.69, 9.17) is 5.11 Å². The second-order valence-corrected chi connectivity index (χ2v) is 4.27. The lowest BCUT2D eigenvalue weighted by molar-refractivity contribution is -0.139. The number of carboxylic acids is 1. The first-order chi connectivity index (χ1) is 7.47. The van der Waals surface area contributed by atoms with Gasteiger partial charge in [0.15, 0.2) is 0 Å². The largest absolute Gasteiger partial charge is 0.480 e. The molecular weight excluding hydrogens is 208 g/mol. The molecule has 0 aliphatic heterocycles. The molecule has 0 radical (unpaired) electrons. The fraction of sp³-hybridized carbons (Fsp3) is 0.818. The molecule has 1 unspecified atom stereocenters. The minimum absolute atomic E-state index is 0.233. The maximum absolute atomic E-state index is 11.3. The Labute approximate surface area is 96.6 Å². The first kappa shape index (κ1) is 14.7.